The van der Waals surface area contributed by atoms with E-state index < -0.39 is 0 Å². The van der Waals surface area contributed by atoms with E-state index >= 15 is 0 Å². The monoisotopic (exact) mass is 356 g/mol. The minimum atomic E-state index is 0.434. The van der Waals surface area contributed by atoms with Gasteiger partial charge in [0, 0.05) is 31.2 Å². The molecule has 1 fully saturated rings. The fourth-order valence-electron chi connectivity index (χ4n) is 4.39. The molecule has 2 aromatic carbocycles. The summed E-state index contributed by atoms with van der Waals surface area (Å²) in [5.74, 6) is 1.14. The molecule has 0 bridgehead atoms. The Morgan fingerprint density at radius 3 is 2.59 bits per heavy atom. The van der Waals surface area contributed by atoms with Crippen LogP contribution in [0.3, 0.4) is 0 Å². The van der Waals surface area contributed by atoms with E-state index in [9.17, 15) is 0 Å². The highest BCUT2D eigenvalue weighted by atomic mass is 15.2. The van der Waals surface area contributed by atoms with Crippen LogP contribution in [0, 0.1) is 0 Å². The molecule has 136 valence electrons. The van der Waals surface area contributed by atoms with Gasteiger partial charge in [0.05, 0.1) is 17.6 Å². The Labute approximate surface area is 159 Å². The van der Waals surface area contributed by atoms with Crippen LogP contribution < -0.4 is 0 Å². The van der Waals surface area contributed by atoms with Gasteiger partial charge in [0.2, 0.25) is 0 Å². The molecule has 0 spiro atoms. The predicted molar refractivity (Wildman–Crippen MR) is 109 cm³/mol. The SMILES string of the molecule is Cn1c(CN2CCC[C@H]2c2ccccc2-n2cccc2)nc2ccccc21. The Morgan fingerprint density at radius 1 is 0.963 bits per heavy atom. The molecule has 5 rings (SSSR count). The maximum absolute atomic E-state index is 4.89. The summed E-state index contributed by atoms with van der Waals surface area (Å²) in [5.41, 5.74) is 4.98. The van der Waals surface area contributed by atoms with Crippen LogP contribution in [0.15, 0.2) is 73.1 Å². The second kappa shape index (κ2) is 6.71. The number of aromatic nitrogens is 3. The molecular formula is C23H24N4. The maximum Gasteiger partial charge on any atom is 0.123 e. The van der Waals surface area contributed by atoms with E-state index in [4.69, 9.17) is 4.98 Å². The van der Waals surface area contributed by atoms with Crippen molar-refractivity contribution in [1.82, 2.24) is 19.0 Å². The number of para-hydroxylation sites is 3. The van der Waals surface area contributed by atoms with Gasteiger partial charge in [0.1, 0.15) is 5.82 Å². The molecule has 4 heteroatoms. The Kier molecular flexibility index (Phi) is 4.06. The Hall–Kier alpha value is -2.85. The normalized spacial score (nSPS) is 17.7. The first kappa shape index (κ1) is 16.3. The van der Waals surface area contributed by atoms with Crippen LogP contribution in [0.2, 0.25) is 0 Å². The lowest BCUT2D eigenvalue weighted by Gasteiger charge is -2.26. The van der Waals surface area contributed by atoms with Gasteiger partial charge in [-0.25, -0.2) is 4.98 Å². The number of hydrogen-bond acceptors (Lipinski definition) is 2. The predicted octanol–water partition coefficient (Wildman–Crippen LogP) is 4.70. The number of fused-ring (bicyclic) bond motifs is 1. The van der Waals surface area contributed by atoms with Gasteiger partial charge in [-0.1, -0.05) is 30.3 Å². The van der Waals surface area contributed by atoms with Crippen LogP contribution in [0.25, 0.3) is 16.7 Å². The molecule has 1 aliphatic rings. The van der Waals surface area contributed by atoms with Crippen molar-refractivity contribution in [2.75, 3.05) is 6.54 Å². The van der Waals surface area contributed by atoms with E-state index in [1.54, 1.807) is 0 Å². The molecule has 0 unspecified atom stereocenters. The molecule has 0 saturated carbocycles. The van der Waals surface area contributed by atoms with E-state index in [-0.39, 0.29) is 0 Å². The number of nitrogens with zero attached hydrogens (tertiary/aromatic N) is 4. The molecule has 0 N–H and O–H groups in total. The van der Waals surface area contributed by atoms with Gasteiger partial charge >= 0.3 is 0 Å². The highest BCUT2D eigenvalue weighted by Crippen LogP contribution is 2.36. The van der Waals surface area contributed by atoms with Crippen molar-refractivity contribution >= 4 is 11.0 Å². The van der Waals surface area contributed by atoms with Crippen molar-refractivity contribution in [3.63, 3.8) is 0 Å². The summed E-state index contributed by atoms with van der Waals surface area (Å²) in [6.07, 6.45) is 6.68. The summed E-state index contributed by atoms with van der Waals surface area (Å²) in [7, 11) is 2.13. The van der Waals surface area contributed by atoms with Gasteiger partial charge in [0.25, 0.3) is 0 Å². The third-order valence-electron chi connectivity index (χ3n) is 5.77. The standard InChI is InChI=1S/C23H24N4/c1-25-22-12-5-3-10-19(22)24-23(25)17-27-16-8-13-21(27)18-9-2-4-11-20(18)26-14-6-7-15-26/h2-7,9-12,14-15,21H,8,13,16-17H2,1H3/t21-/m0/s1. The number of rotatable bonds is 4. The first-order chi connectivity index (χ1) is 13.3. The number of aryl methyl sites for hydroxylation is 1. The first-order valence-corrected chi connectivity index (χ1v) is 9.68. The third-order valence-corrected chi connectivity index (χ3v) is 5.77. The Morgan fingerprint density at radius 2 is 1.74 bits per heavy atom. The van der Waals surface area contributed by atoms with Crippen LogP contribution in [-0.4, -0.2) is 25.6 Å². The average Bonchev–Trinajstić information content (AvgIpc) is 3.44. The molecule has 0 radical (unpaired) electrons. The topological polar surface area (TPSA) is 26.0 Å². The van der Waals surface area contributed by atoms with Crippen molar-refractivity contribution in [3.8, 4) is 5.69 Å². The summed E-state index contributed by atoms with van der Waals surface area (Å²) < 4.78 is 4.46. The molecule has 4 nitrogen and oxygen atoms in total. The Balaban J connectivity index is 1.49. The molecule has 1 saturated heterocycles. The smallest absolute Gasteiger partial charge is 0.123 e. The summed E-state index contributed by atoms with van der Waals surface area (Å²) in [6, 6.07) is 21.8. The van der Waals surface area contributed by atoms with Crippen LogP contribution in [0.1, 0.15) is 30.3 Å². The fraction of sp³-hybridized carbons (Fsp3) is 0.261. The minimum Gasteiger partial charge on any atom is -0.330 e. The van der Waals surface area contributed by atoms with Crippen molar-refractivity contribution < 1.29 is 0 Å². The largest absolute Gasteiger partial charge is 0.330 e. The van der Waals surface area contributed by atoms with E-state index in [1.165, 1.54) is 29.6 Å². The number of benzene rings is 2. The molecule has 1 aliphatic heterocycles. The van der Waals surface area contributed by atoms with E-state index in [0.717, 1.165) is 24.4 Å². The third kappa shape index (κ3) is 2.86. The lowest BCUT2D eigenvalue weighted by molar-refractivity contribution is 0.240. The second-order valence-corrected chi connectivity index (χ2v) is 7.35. The van der Waals surface area contributed by atoms with Gasteiger partial charge in [-0.2, -0.15) is 0 Å². The summed E-state index contributed by atoms with van der Waals surface area (Å²) >= 11 is 0. The van der Waals surface area contributed by atoms with E-state index in [1.807, 2.05) is 0 Å². The van der Waals surface area contributed by atoms with Crippen LogP contribution >= 0.6 is 0 Å². The zero-order valence-corrected chi connectivity index (χ0v) is 15.6. The molecule has 2 aromatic heterocycles. The number of imidazole rings is 1. The highest BCUT2D eigenvalue weighted by Gasteiger charge is 2.29. The minimum absolute atomic E-state index is 0.434. The molecule has 0 aliphatic carbocycles. The molecular weight excluding hydrogens is 332 g/mol. The fourth-order valence-corrected chi connectivity index (χ4v) is 4.39. The highest BCUT2D eigenvalue weighted by molar-refractivity contribution is 5.75. The number of likely N-dealkylation sites (tertiary alicyclic amines) is 1. The van der Waals surface area contributed by atoms with Crippen LogP contribution in [0.5, 0.6) is 0 Å². The van der Waals surface area contributed by atoms with E-state index in [0.29, 0.717) is 6.04 Å². The van der Waals surface area contributed by atoms with Crippen molar-refractivity contribution in [3.05, 3.63) is 84.4 Å². The van der Waals surface area contributed by atoms with Gasteiger partial charge < -0.3 is 9.13 Å². The lowest BCUT2D eigenvalue weighted by Crippen LogP contribution is -2.25. The van der Waals surface area contributed by atoms with Gasteiger partial charge in [-0.15, -0.1) is 0 Å². The molecule has 3 heterocycles. The number of hydrogen-bond donors (Lipinski definition) is 0. The Bertz CT molecular complexity index is 1060. The molecule has 4 aromatic rings. The van der Waals surface area contributed by atoms with Crippen molar-refractivity contribution in [1.29, 1.82) is 0 Å². The summed E-state index contributed by atoms with van der Waals surface area (Å²) in [5, 5.41) is 0. The molecule has 1 atom stereocenters. The lowest BCUT2D eigenvalue weighted by atomic mass is 10.0. The first-order valence-electron chi connectivity index (χ1n) is 9.68. The van der Waals surface area contributed by atoms with E-state index in [2.05, 4.69) is 94.1 Å². The van der Waals surface area contributed by atoms with Gasteiger partial charge in [-0.05, 0) is 55.3 Å². The second-order valence-electron chi connectivity index (χ2n) is 7.35. The summed E-state index contributed by atoms with van der Waals surface area (Å²) in [4.78, 5) is 7.48. The van der Waals surface area contributed by atoms with Crippen molar-refractivity contribution in [2.45, 2.75) is 25.4 Å². The zero-order valence-electron chi connectivity index (χ0n) is 15.6. The molecule has 27 heavy (non-hydrogen) atoms. The maximum atomic E-state index is 4.89. The summed E-state index contributed by atoms with van der Waals surface area (Å²) in [6.45, 7) is 2.00. The van der Waals surface area contributed by atoms with Gasteiger partial charge in [-0.3, -0.25) is 4.90 Å². The molecule has 0 amide bonds. The zero-order chi connectivity index (χ0) is 18.2. The van der Waals surface area contributed by atoms with Crippen molar-refractivity contribution in [2.24, 2.45) is 7.05 Å². The average molecular weight is 356 g/mol. The quantitative estimate of drug-likeness (QED) is 0.530. The van der Waals surface area contributed by atoms with Crippen LogP contribution in [0.4, 0.5) is 0 Å². The van der Waals surface area contributed by atoms with Gasteiger partial charge in [0.15, 0.2) is 0 Å². The van der Waals surface area contributed by atoms with Crippen LogP contribution in [-0.2, 0) is 13.6 Å².